The third-order valence-corrected chi connectivity index (χ3v) is 10.7. The van der Waals surface area contributed by atoms with E-state index < -0.39 is 0 Å². The van der Waals surface area contributed by atoms with Crippen molar-refractivity contribution in [1.29, 1.82) is 0 Å². The molecule has 8 aromatic carbocycles. The SMILES string of the molecule is CC1(C)c2ccccc2-c2ccc(-c3cc4ccccc4cc3-c3nc(-c4ccc5ccccc5c4)nc(-c4ccc5ccccc5c4)n3)cc21. The number of aromatic nitrogens is 3. The van der Waals surface area contributed by atoms with Crippen LogP contribution in [0.15, 0.2) is 164 Å². The quantitative estimate of drug-likeness (QED) is 0.190. The second-order valence-electron chi connectivity index (χ2n) is 14.1. The Morgan fingerprint density at radius 3 is 1.37 bits per heavy atom. The maximum absolute atomic E-state index is 5.27. The number of fused-ring (bicyclic) bond motifs is 6. The number of hydrogen-bond acceptors (Lipinski definition) is 3. The Morgan fingerprint density at radius 2 is 0.765 bits per heavy atom. The maximum atomic E-state index is 5.27. The van der Waals surface area contributed by atoms with Crippen molar-refractivity contribution >= 4 is 32.3 Å². The van der Waals surface area contributed by atoms with Crippen LogP contribution in [0.1, 0.15) is 25.0 Å². The van der Waals surface area contributed by atoms with E-state index in [0.717, 1.165) is 44.0 Å². The summed E-state index contributed by atoms with van der Waals surface area (Å²) in [5.74, 6) is 1.96. The first-order valence-electron chi connectivity index (χ1n) is 17.5. The van der Waals surface area contributed by atoms with Crippen molar-refractivity contribution in [2.75, 3.05) is 0 Å². The molecule has 0 radical (unpaired) electrons. The second-order valence-corrected chi connectivity index (χ2v) is 14.1. The highest BCUT2D eigenvalue weighted by Crippen LogP contribution is 2.50. The molecule has 0 fully saturated rings. The van der Waals surface area contributed by atoms with Gasteiger partial charge in [0, 0.05) is 22.1 Å². The van der Waals surface area contributed by atoms with Crippen molar-refractivity contribution in [2.45, 2.75) is 19.3 Å². The normalized spacial score (nSPS) is 13.1. The van der Waals surface area contributed by atoms with E-state index in [1.165, 1.54) is 38.4 Å². The highest BCUT2D eigenvalue weighted by atomic mass is 15.0. The zero-order chi connectivity index (χ0) is 34.1. The highest BCUT2D eigenvalue weighted by Gasteiger charge is 2.35. The molecule has 9 aromatic rings. The molecule has 0 spiro atoms. The smallest absolute Gasteiger partial charge is 0.164 e. The largest absolute Gasteiger partial charge is 0.208 e. The fourth-order valence-electron chi connectivity index (χ4n) is 7.95. The van der Waals surface area contributed by atoms with Gasteiger partial charge in [-0.05, 0) is 96.0 Å². The summed E-state index contributed by atoms with van der Waals surface area (Å²) >= 11 is 0. The van der Waals surface area contributed by atoms with Gasteiger partial charge in [-0.3, -0.25) is 0 Å². The Morgan fingerprint density at radius 1 is 0.314 bits per heavy atom. The third kappa shape index (κ3) is 4.85. The first-order valence-corrected chi connectivity index (χ1v) is 17.5. The number of benzene rings is 8. The van der Waals surface area contributed by atoms with Gasteiger partial charge in [-0.25, -0.2) is 15.0 Å². The van der Waals surface area contributed by atoms with Crippen molar-refractivity contribution in [3.8, 4) is 56.4 Å². The molecule has 51 heavy (non-hydrogen) atoms. The molecule has 0 amide bonds. The Hall–Kier alpha value is -6.45. The second kappa shape index (κ2) is 11.3. The van der Waals surface area contributed by atoms with Crippen LogP contribution in [-0.2, 0) is 5.41 Å². The van der Waals surface area contributed by atoms with E-state index in [0.29, 0.717) is 17.5 Å². The number of nitrogens with zero attached hydrogens (tertiary/aromatic N) is 3. The van der Waals surface area contributed by atoms with Crippen LogP contribution < -0.4 is 0 Å². The van der Waals surface area contributed by atoms with Crippen molar-refractivity contribution in [3.63, 3.8) is 0 Å². The van der Waals surface area contributed by atoms with Gasteiger partial charge in [0.05, 0.1) is 0 Å². The summed E-state index contributed by atoms with van der Waals surface area (Å²) in [4.78, 5) is 15.7. The molecule has 1 aromatic heterocycles. The monoisotopic (exact) mass is 651 g/mol. The van der Waals surface area contributed by atoms with Gasteiger partial charge in [0.1, 0.15) is 0 Å². The van der Waals surface area contributed by atoms with E-state index in [4.69, 9.17) is 15.0 Å². The first kappa shape index (κ1) is 29.5. The molecule has 3 nitrogen and oxygen atoms in total. The summed E-state index contributed by atoms with van der Waals surface area (Å²) in [5.41, 5.74) is 10.4. The topological polar surface area (TPSA) is 38.7 Å². The summed E-state index contributed by atoms with van der Waals surface area (Å²) in [6.45, 7) is 4.67. The molecule has 1 aliphatic carbocycles. The Bertz CT molecular complexity index is 2750. The summed E-state index contributed by atoms with van der Waals surface area (Å²) in [6.07, 6.45) is 0. The average molecular weight is 652 g/mol. The van der Waals surface area contributed by atoms with Crippen LogP contribution in [-0.4, -0.2) is 15.0 Å². The molecular formula is C48H33N3. The van der Waals surface area contributed by atoms with E-state index >= 15 is 0 Å². The van der Waals surface area contributed by atoms with Crippen LogP contribution in [0.5, 0.6) is 0 Å². The minimum absolute atomic E-state index is 0.112. The van der Waals surface area contributed by atoms with Crippen molar-refractivity contribution in [1.82, 2.24) is 15.0 Å². The number of hydrogen-bond donors (Lipinski definition) is 0. The molecule has 1 heterocycles. The Kier molecular flexibility index (Phi) is 6.53. The van der Waals surface area contributed by atoms with Gasteiger partial charge in [0.2, 0.25) is 0 Å². The van der Waals surface area contributed by atoms with Gasteiger partial charge in [-0.2, -0.15) is 0 Å². The molecular weight excluding hydrogens is 619 g/mol. The first-order chi connectivity index (χ1) is 25.0. The van der Waals surface area contributed by atoms with Crippen molar-refractivity contribution < 1.29 is 0 Å². The lowest BCUT2D eigenvalue weighted by Crippen LogP contribution is -2.14. The minimum atomic E-state index is -0.112. The summed E-state index contributed by atoms with van der Waals surface area (Å²) < 4.78 is 0. The lowest BCUT2D eigenvalue weighted by molar-refractivity contribution is 0.660. The predicted octanol–water partition coefficient (Wildman–Crippen LogP) is 12.3. The van der Waals surface area contributed by atoms with E-state index in [1.54, 1.807) is 0 Å². The minimum Gasteiger partial charge on any atom is -0.208 e. The van der Waals surface area contributed by atoms with E-state index in [-0.39, 0.29) is 5.41 Å². The fraction of sp³-hybridized carbons (Fsp3) is 0.0625. The van der Waals surface area contributed by atoms with Crippen LogP contribution in [0, 0.1) is 0 Å². The van der Waals surface area contributed by atoms with Crippen LogP contribution in [0.25, 0.3) is 88.7 Å². The standard InChI is InChI=1S/C48H33N3/c1-48(2)43-18-10-9-17-39(43)40-24-23-36(29-44(40)48)41-27-34-15-7-8-16-35(34)28-42(41)47-50-45(37-21-19-30-11-3-5-13-32(30)25-37)49-46(51-47)38-22-20-31-12-4-6-14-33(31)26-38/h3-29H,1-2H3. The molecule has 10 rings (SSSR count). The zero-order valence-electron chi connectivity index (χ0n) is 28.4. The lowest BCUT2D eigenvalue weighted by atomic mass is 9.81. The Labute approximate surface area is 297 Å². The summed E-state index contributed by atoms with van der Waals surface area (Å²) in [7, 11) is 0. The summed E-state index contributed by atoms with van der Waals surface area (Å²) in [5, 5.41) is 6.99. The molecule has 0 saturated heterocycles. The van der Waals surface area contributed by atoms with Crippen molar-refractivity contribution in [3.05, 3.63) is 175 Å². The molecule has 0 atom stereocenters. The third-order valence-electron chi connectivity index (χ3n) is 10.7. The van der Waals surface area contributed by atoms with Crippen LogP contribution in [0.3, 0.4) is 0 Å². The van der Waals surface area contributed by atoms with Crippen LogP contribution in [0.4, 0.5) is 0 Å². The molecule has 0 aliphatic heterocycles. The average Bonchev–Trinajstić information content (AvgIpc) is 3.42. The van der Waals surface area contributed by atoms with E-state index in [2.05, 4.69) is 178 Å². The Balaban J connectivity index is 1.22. The zero-order valence-corrected chi connectivity index (χ0v) is 28.4. The summed E-state index contributed by atoms with van der Waals surface area (Å²) in [6, 6.07) is 58.6. The molecule has 0 saturated carbocycles. The predicted molar refractivity (Wildman–Crippen MR) is 212 cm³/mol. The lowest BCUT2D eigenvalue weighted by Gasteiger charge is -2.22. The van der Waals surface area contributed by atoms with Gasteiger partial charge in [-0.1, -0.05) is 147 Å². The molecule has 3 heteroatoms. The number of rotatable bonds is 4. The van der Waals surface area contributed by atoms with Gasteiger partial charge < -0.3 is 0 Å². The molecule has 240 valence electrons. The molecule has 1 aliphatic rings. The van der Waals surface area contributed by atoms with Gasteiger partial charge in [-0.15, -0.1) is 0 Å². The van der Waals surface area contributed by atoms with Crippen LogP contribution >= 0.6 is 0 Å². The van der Waals surface area contributed by atoms with E-state index in [9.17, 15) is 0 Å². The van der Waals surface area contributed by atoms with Gasteiger partial charge in [0.15, 0.2) is 17.5 Å². The molecule has 0 bridgehead atoms. The van der Waals surface area contributed by atoms with Gasteiger partial charge >= 0.3 is 0 Å². The van der Waals surface area contributed by atoms with E-state index in [1.807, 2.05) is 0 Å². The maximum Gasteiger partial charge on any atom is 0.164 e. The van der Waals surface area contributed by atoms with Gasteiger partial charge in [0.25, 0.3) is 0 Å². The van der Waals surface area contributed by atoms with Crippen LogP contribution in [0.2, 0.25) is 0 Å². The van der Waals surface area contributed by atoms with Crippen molar-refractivity contribution in [2.24, 2.45) is 0 Å². The fourth-order valence-corrected chi connectivity index (χ4v) is 7.95. The molecule has 0 N–H and O–H groups in total. The molecule has 0 unspecified atom stereocenters. The highest BCUT2D eigenvalue weighted by molar-refractivity contribution is 5.97.